The van der Waals surface area contributed by atoms with Gasteiger partial charge in [-0.1, -0.05) is 11.6 Å². The minimum atomic E-state index is -0.0781. The smallest absolute Gasteiger partial charge is 0.253 e. The van der Waals surface area contributed by atoms with Crippen LogP contribution in [0.5, 0.6) is 0 Å². The summed E-state index contributed by atoms with van der Waals surface area (Å²) in [6.45, 7) is 2.57. The number of aryl methyl sites for hydroxylation is 1. The lowest BCUT2D eigenvalue weighted by Gasteiger charge is -2.10. The van der Waals surface area contributed by atoms with Gasteiger partial charge < -0.3 is 9.88 Å². The lowest BCUT2D eigenvalue weighted by molar-refractivity contribution is 0.0953. The van der Waals surface area contributed by atoms with E-state index in [0.29, 0.717) is 17.1 Å². The number of fused-ring (bicyclic) bond motifs is 3. The fourth-order valence-electron chi connectivity index (χ4n) is 2.23. The second kappa shape index (κ2) is 3.64. The number of carbonyl (C=O) groups is 1. The summed E-state index contributed by atoms with van der Waals surface area (Å²) < 4.78 is 2.09. The molecule has 1 amide bonds. The van der Waals surface area contributed by atoms with Crippen LogP contribution in [0.1, 0.15) is 21.7 Å². The van der Waals surface area contributed by atoms with Gasteiger partial charge in [-0.05, 0) is 37.3 Å². The molecule has 3 rings (SSSR count). The van der Waals surface area contributed by atoms with E-state index in [1.54, 1.807) is 6.07 Å². The van der Waals surface area contributed by atoms with Crippen molar-refractivity contribution >= 4 is 17.5 Å². The zero-order valence-electron chi connectivity index (χ0n) is 9.33. The lowest BCUT2D eigenvalue weighted by atomic mass is 10.1. The number of hydrogen-bond acceptors (Lipinski definition) is 1. The number of aromatic nitrogens is 1. The maximum Gasteiger partial charge on any atom is 0.253 e. The van der Waals surface area contributed by atoms with E-state index in [1.165, 1.54) is 0 Å². The van der Waals surface area contributed by atoms with Gasteiger partial charge >= 0.3 is 0 Å². The highest BCUT2D eigenvalue weighted by Gasteiger charge is 2.20. The van der Waals surface area contributed by atoms with Crippen LogP contribution >= 0.6 is 11.6 Å². The molecular weight excluding hydrogens is 236 g/mol. The Morgan fingerprint density at radius 2 is 2.12 bits per heavy atom. The number of nitrogens with zero attached hydrogens (tertiary/aromatic N) is 1. The van der Waals surface area contributed by atoms with Crippen LogP contribution < -0.4 is 5.32 Å². The van der Waals surface area contributed by atoms with Gasteiger partial charge in [-0.3, -0.25) is 4.79 Å². The van der Waals surface area contributed by atoms with E-state index in [-0.39, 0.29) is 5.91 Å². The highest BCUT2D eigenvalue weighted by atomic mass is 35.5. The summed E-state index contributed by atoms with van der Waals surface area (Å²) in [5.74, 6) is -0.0781. The number of nitrogens with one attached hydrogen (secondary N) is 1. The molecule has 0 saturated carbocycles. The fraction of sp³-hybridized carbons (Fsp3) is 0.154. The predicted octanol–water partition coefficient (Wildman–Crippen LogP) is 2.68. The number of amides is 1. The number of carbonyl (C=O) groups excluding carboxylic acids is 1. The monoisotopic (exact) mass is 246 g/mol. The summed E-state index contributed by atoms with van der Waals surface area (Å²) in [6, 6.07) is 9.48. The Hall–Kier alpha value is -1.74. The summed E-state index contributed by atoms with van der Waals surface area (Å²) in [5.41, 5.74) is 3.70. The SMILES string of the molecule is Cc1ccc2n1-c1ccc(Cl)cc1C(=O)NC2. The van der Waals surface area contributed by atoms with Crippen molar-refractivity contribution in [1.29, 1.82) is 0 Å². The van der Waals surface area contributed by atoms with Crippen LogP contribution in [0.2, 0.25) is 5.02 Å². The molecule has 0 saturated heterocycles. The molecule has 0 unspecified atom stereocenters. The number of benzene rings is 1. The van der Waals surface area contributed by atoms with Gasteiger partial charge in [-0.25, -0.2) is 0 Å². The maximum absolute atomic E-state index is 12.0. The van der Waals surface area contributed by atoms with Crippen molar-refractivity contribution in [1.82, 2.24) is 9.88 Å². The van der Waals surface area contributed by atoms with Crippen molar-refractivity contribution in [2.45, 2.75) is 13.5 Å². The number of hydrogen-bond donors (Lipinski definition) is 1. The molecule has 0 radical (unpaired) electrons. The molecule has 17 heavy (non-hydrogen) atoms. The molecule has 2 heterocycles. The van der Waals surface area contributed by atoms with Gasteiger partial charge in [0, 0.05) is 16.4 Å². The third-order valence-corrected chi connectivity index (χ3v) is 3.27. The quantitative estimate of drug-likeness (QED) is 0.762. The first-order chi connectivity index (χ1) is 8.16. The Balaban J connectivity index is 2.34. The van der Waals surface area contributed by atoms with Crippen LogP contribution in [0.3, 0.4) is 0 Å². The zero-order valence-corrected chi connectivity index (χ0v) is 10.1. The van der Waals surface area contributed by atoms with Crippen LogP contribution in [-0.2, 0) is 6.54 Å². The first-order valence-corrected chi connectivity index (χ1v) is 5.80. The Bertz CT molecular complexity index is 616. The van der Waals surface area contributed by atoms with Gasteiger partial charge in [-0.2, -0.15) is 0 Å². The molecule has 0 spiro atoms. The normalized spacial score (nSPS) is 13.6. The van der Waals surface area contributed by atoms with Crippen molar-refractivity contribution in [3.8, 4) is 5.69 Å². The van der Waals surface area contributed by atoms with Crippen LogP contribution in [0, 0.1) is 6.92 Å². The van der Waals surface area contributed by atoms with E-state index in [4.69, 9.17) is 11.6 Å². The third-order valence-electron chi connectivity index (χ3n) is 3.03. The second-order valence-electron chi connectivity index (χ2n) is 4.15. The van der Waals surface area contributed by atoms with Gasteiger partial charge in [0.15, 0.2) is 0 Å². The molecule has 1 aliphatic rings. The minimum absolute atomic E-state index is 0.0781. The van der Waals surface area contributed by atoms with E-state index in [9.17, 15) is 4.79 Å². The molecule has 1 aromatic heterocycles. The molecular formula is C13H11ClN2O. The molecule has 0 bridgehead atoms. The van der Waals surface area contributed by atoms with Gasteiger partial charge in [0.2, 0.25) is 0 Å². The van der Waals surface area contributed by atoms with Crippen molar-refractivity contribution in [3.63, 3.8) is 0 Å². The standard InChI is InChI=1S/C13H11ClN2O/c1-8-2-4-10-7-15-13(17)11-6-9(14)3-5-12(11)16(8)10/h2-6H,7H2,1H3,(H,15,17). The Kier molecular flexibility index (Phi) is 2.23. The Morgan fingerprint density at radius 1 is 1.29 bits per heavy atom. The first-order valence-electron chi connectivity index (χ1n) is 5.42. The summed E-state index contributed by atoms with van der Waals surface area (Å²) >= 11 is 5.95. The lowest BCUT2D eigenvalue weighted by Crippen LogP contribution is -2.21. The highest BCUT2D eigenvalue weighted by Crippen LogP contribution is 2.25. The molecule has 86 valence electrons. The third kappa shape index (κ3) is 1.54. The predicted molar refractivity (Wildman–Crippen MR) is 66.7 cm³/mol. The van der Waals surface area contributed by atoms with Crippen LogP contribution in [0.4, 0.5) is 0 Å². The van der Waals surface area contributed by atoms with Crippen molar-refractivity contribution in [2.24, 2.45) is 0 Å². The van der Waals surface area contributed by atoms with Crippen molar-refractivity contribution in [2.75, 3.05) is 0 Å². The van der Waals surface area contributed by atoms with Gasteiger partial charge in [0.05, 0.1) is 17.8 Å². The van der Waals surface area contributed by atoms with Gasteiger partial charge in [0.1, 0.15) is 0 Å². The van der Waals surface area contributed by atoms with E-state index in [1.807, 2.05) is 31.2 Å². The van der Waals surface area contributed by atoms with Crippen molar-refractivity contribution < 1.29 is 4.79 Å². The summed E-state index contributed by atoms with van der Waals surface area (Å²) in [7, 11) is 0. The maximum atomic E-state index is 12.0. The Morgan fingerprint density at radius 3 is 2.94 bits per heavy atom. The Labute approximate surface area is 104 Å². The zero-order chi connectivity index (χ0) is 12.0. The molecule has 1 aliphatic heterocycles. The van der Waals surface area contributed by atoms with Crippen LogP contribution in [0.15, 0.2) is 30.3 Å². The van der Waals surface area contributed by atoms with Crippen molar-refractivity contribution in [3.05, 3.63) is 52.3 Å². The van der Waals surface area contributed by atoms with Gasteiger partial charge in [-0.15, -0.1) is 0 Å². The molecule has 2 aromatic rings. The molecule has 0 atom stereocenters. The highest BCUT2D eigenvalue weighted by molar-refractivity contribution is 6.31. The molecule has 1 N–H and O–H groups in total. The van der Waals surface area contributed by atoms with E-state index < -0.39 is 0 Å². The fourth-order valence-corrected chi connectivity index (χ4v) is 2.40. The molecule has 4 heteroatoms. The summed E-state index contributed by atoms with van der Waals surface area (Å²) in [4.78, 5) is 12.0. The van der Waals surface area contributed by atoms with E-state index in [2.05, 4.69) is 9.88 Å². The largest absolute Gasteiger partial charge is 0.346 e. The molecule has 0 aliphatic carbocycles. The minimum Gasteiger partial charge on any atom is -0.346 e. The average molecular weight is 247 g/mol. The van der Waals surface area contributed by atoms with Crippen LogP contribution in [0.25, 0.3) is 5.69 Å². The second-order valence-corrected chi connectivity index (χ2v) is 4.58. The van der Waals surface area contributed by atoms with E-state index >= 15 is 0 Å². The average Bonchev–Trinajstić information content (AvgIpc) is 2.61. The van der Waals surface area contributed by atoms with Gasteiger partial charge in [0.25, 0.3) is 5.91 Å². The number of rotatable bonds is 0. The topological polar surface area (TPSA) is 34.0 Å². The van der Waals surface area contributed by atoms with Crippen LogP contribution in [-0.4, -0.2) is 10.5 Å². The summed E-state index contributed by atoms with van der Waals surface area (Å²) in [6.07, 6.45) is 0. The van der Waals surface area contributed by atoms with E-state index in [0.717, 1.165) is 17.1 Å². The molecule has 1 aromatic carbocycles. The summed E-state index contributed by atoms with van der Waals surface area (Å²) in [5, 5.41) is 3.46. The molecule has 3 nitrogen and oxygen atoms in total. The first kappa shape index (κ1) is 10.4. The number of halogens is 1. The molecule has 0 fully saturated rings.